The molecule has 0 bridgehead atoms. The summed E-state index contributed by atoms with van der Waals surface area (Å²) in [6, 6.07) is 5.55. The van der Waals surface area contributed by atoms with Gasteiger partial charge in [0.25, 0.3) is 5.56 Å². The van der Waals surface area contributed by atoms with E-state index in [1.165, 1.54) is 10.9 Å². The van der Waals surface area contributed by atoms with Crippen LogP contribution in [0.2, 0.25) is 0 Å². The van der Waals surface area contributed by atoms with Gasteiger partial charge in [-0.3, -0.25) is 4.79 Å². The molecule has 24 heavy (non-hydrogen) atoms. The van der Waals surface area contributed by atoms with Crippen LogP contribution in [0.4, 0.5) is 11.6 Å². The summed E-state index contributed by atoms with van der Waals surface area (Å²) in [5.41, 5.74) is 0.188. The van der Waals surface area contributed by atoms with Crippen molar-refractivity contribution in [3.8, 4) is 6.07 Å². The number of hydrogen-bond acceptors (Lipinski definition) is 7. The van der Waals surface area contributed by atoms with E-state index in [0.717, 1.165) is 31.6 Å². The van der Waals surface area contributed by atoms with Crippen LogP contribution in [0.5, 0.6) is 0 Å². The van der Waals surface area contributed by atoms with Crippen LogP contribution in [0.1, 0.15) is 25.0 Å². The Balaban J connectivity index is 1.71. The highest BCUT2D eigenvalue weighted by atomic mass is 16.1. The lowest BCUT2D eigenvalue weighted by Gasteiger charge is -2.36. The molecule has 0 aromatic carbocycles. The summed E-state index contributed by atoms with van der Waals surface area (Å²) in [5.74, 6) is 1.46. The molecule has 8 nitrogen and oxygen atoms in total. The molecule has 1 saturated heterocycles. The second-order valence-electron chi connectivity index (χ2n) is 5.78. The van der Waals surface area contributed by atoms with Gasteiger partial charge in [0.15, 0.2) is 5.69 Å². The maximum Gasteiger partial charge on any atom is 0.266 e. The normalized spacial score (nSPS) is 17.3. The molecule has 1 unspecified atom stereocenters. The molecule has 124 valence electrons. The van der Waals surface area contributed by atoms with Crippen LogP contribution in [0.15, 0.2) is 29.3 Å². The zero-order valence-corrected chi connectivity index (χ0v) is 13.5. The van der Waals surface area contributed by atoms with Gasteiger partial charge in [-0.05, 0) is 25.3 Å². The largest absolute Gasteiger partial charge is 0.367 e. The highest BCUT2D eigenvalue weighted by Gasteiger charge is 2.24. The molecular formula is C16H19N7O. The van der Waals surface area contributed by atoms with Crippen molar-refractivity contribution < 1.29 is 0 Å². The van der Waals surface area contributed by atoms with Crippen LogP contribution in [0.25, 0.3) is 0 Å². The molecule has 1 aliphatic rings. The second-order valence-corrected chi connectivity index (χ2v) is 5.78. The molecule has 2 aromatic rings. The minimum Gasteiger partial charge on any atom is -0.367 e. The maximum atomic E-state index is 11.5. The van der Waals surface area contributed by atoms with E-state index in [2.05, 4.69) is 25.3 Å². The van der Waals surface area contributed by atoms with Crippen LogP contribution < -0.4 is 15.8 Å². The quantitative estimate of drug-likeness (QED) is 0.892. The van der Waals surface area contributed by atoms with Crippen molar-refractivity contribution in [1.82, 2.24) is 19.7 Å². The molecule has 2 aromatic heterocycles. The monoisotopic (exact) mass is 325 g/mol. The van der Waals surface area contributed by atoms with Gasteiger partial charge in [-0.1, -0.05) is 0 Å². The predicted octanol–water partition coefficient (Wildman–Crippen LogP) is 0.913. The molecule has 0 saturated carbocycles. The molecule has 0 aliphatic carbocycles. The van der Waals surface area contributed by atoms with Crippen LogP contribution in [0.3, 0.4) is 0 Å². The van der Waals surface area contributed by atoms with E-state index in [4.69, 9.17) is 5.26 Å². The molecule has 3 rings (SSSR count). The minimum absolute atomic E-state index is 0.113. The number of nitrogens with zero attached hydrogens (tertiary/aromatic N) is 6. The third kappa shape index (κ3) is 3.51. The van der Waals surface area contributed by atoms with Gasteiger partial charge in [0.2, 0.25) is 0 Å². The van der Waals surface area contributed by atoms with E-state index in [1.807, 2.05) is 6.07 Å². The number of hydrogen-bond donors (Lipinski definition) is 1. The van der Waals surface area contributed by atoms with E-state index in [1.54, 1.807) is 25.4 Å². The van der Waals surface area contributed by atoms with E-state index in [9.17, 15) is 4.79 Å². The highest BCUT2D eigenvalue weighted by molar-refractivity contribution is 5.40. The Kier molecular flexibility index (Phi) is 4.70. The third-order valence-electron chi connectivity index (χ3n) is 4.15. The summed E-state index contributed by atoms with van der Waals surface area (Å²) in [7, 11) is 1.66. The van der Waals surface area contributed by atoms with Crippen molar-refractivity contribution in [2.75, 3.05) is 23.3 Å². The molecule has 1 atom stereocenters. The summed E-state index contributed by atoms with van der Waals surface area (Å²) in [6.45, 7) is 1.61. The van der Waals surface area contributed by atoms with Gasteiger partial charge in [0, 0.05) is 32.2 Å². The molecule has 1 aliphatic heterocycles. The lowest BCUT2D eigenvalue weighted by Crippen LogP contribution is -2.45. The predicted molar refractivity (Wildman–Crippen MR) is 89.7 cm³/mol. The first-order valence-electron chi connectivity index (χ1n) is 7.94. The number of rotatable bonds is 4. The average Bonchev–Trinajstić information content (AvgIpc) is 2.63. The van der Waals surface area contributed by atoms with Crippen molar-refractivity contribution in [2.45, 2.75) is 25.3 Å². The molecule has 0 radical (unpaired) electrons. The Morgan fingerprint density at radius 2 is 2.21 bits per heavy atom. The van der Waals surface area contributed by atoms with Crippen molar-refractivity contribution >= 4 is 11.6 Å². The Morgan fingerprint density at radius 1 is 1.33 bits per heavy atom. The number of nitriles is 1. The molecular weight excluding hydrogens is 306 g/mol. The van der Waals surface area contributed by atoms with Crippen LogP contribution in [-0.4, -0.2) is 38.9 Å². The van der Waals surface area contributed by atoms with E-state index < -0.39 is 0 Å². The van der Waals surface area contributed by atoms with Crippen molar-refractivity contribution in [3.05, 3.63) is 40.6 Å². The SMILES string of the molecule is Cn1nc(N2CCCCC2CNc2cnc(C#N)cn2)ccc1=O. The van der Waals surface area contributed by atoms with Crippen molar-refractivity contribution in [1.29, 1.82) is 5.26 Å². The minimum atomic E-state index is -0.113. The zero-order chi connectivity index (χ0) is 16.9. The maximum absolute atomic E-state index is 11.5. The number of piperidine rings is 1. The molecule has 0 spiro atoms. The van der Waals surface area contributed by atoms with Gasteiger partial charge >= 0.3 is 0 Å². The summed E-state index contributed by atoms with van der Waals surface area (Å²) >= 11 is 0. The Morgan fingerprint density at radius 3 is 2.92 bits per heavy atom. The lowest BCUT2D eigenvalue weighted by atomic mass is 10.0. The van der Waals surface area contributed by atoms with E-state index in [-0.39, 0.29) is 11.6 Å². The molecule has 1 N–H and O–H groups in total. The van der Waals surface area contributed by atoms with Crippen molar-refractivity contribution in [2.24, 2.45) is 7.05 Å². The Bertz CT molecular complexity index is 793. The van der Waals surface area contributed by atoms with Gasteiger partial charge < -0.3 is 10.2 Å². The summed E-state index contributed by atoms with van der Waals surface area (Å²) in [6.07, 6.45) is 6.33. The van der Waals surface area contributed by atoms with Gasteiger partial charge in [-0.15, -0.1) is 0 Å². The first kappa shape index (κ1) is 15.9. The van der Waals surface area contributed by atoms with Gasteiger partial charge in [0.1, 0.15) is 17.7 Å². The zero-order valence-electron chi connectivity index (χ0n) is 13.5. The standard InChI is InChI=1S/C16H19N7O/c1-22-16(24)6-5-15(21-22)23-7-3-2-4-13(23)10-20-14-11-18-12(8-17)9-19-14/h5-6,9,11,13H,2-4,7,10H2,1H3,(H,19,20). The molecule has 8 heteroatoms. The molecule has 3 heterocycles. The van der Waals surface area contributed by atoms with Gasteiger partial charge in [0.05, 0.1) is 12.4 Å². The smallest absolute Gasteiger partial charge is 0.266 e. The third-order valence-corrected chi connectivity index (χ3v) is 4.15. The highest BCUT2D eigenvalue weighted by Crippen LogP contribution is 2.22. The second kappa shape index (κ2) is 7.08. The van der Waals surface area contributed by atoms with E-state index in [0.29, 0.717) is 18.1 Å². The number of nitrogens with one attached hydrogen (secondary N) is 1. The topological polar surface area (TPSA) is 99.7 Å². The Hall–Kier alpha value is -2.95. The van der Waals surface area contributed by atoms with Crippen LogP contribution in [-0.2, 0) is 7.05 Å². The number of aryl methyl sites for hydroxylation is 1. The summed E-state index contributed by atoms with van der Waals surface area (Å²) in [4.78, 5) is 22.0. The fraction of sp³-hybridized carbons (Fsp3) is 0.438. The average molecular weight is 325 g/mol. The fourth-order valence-electron chi connectivity index (χ4n) is 2.86. The van der Waals surface area contributed by atoms with Crippen molar-refractivity contribution in [3.63, 3.8) is 0 Å². The first-order valence-corrected chi connectivity index (χ1v) is 7.94. The lowest BCUT2D eigenvalue weighted by molar-refractivity contribution is 0.464. The molecule has 0 amide bonds. The van der Waals surface area contributed by atoms with Crippen LogP contribution >= 0.6 is 0 Å². The number of aromatic nitrogens is 4. The molecule has 1 fully saturated rings. The summed E-state index contributed by atoms with van der Waals surface area (Å²) < 4.78 is 1.36. The van der Waals surface area contributed by atoms with Gasteiger partial charge in [-0.25, -0.2) is 14.6 Å². The van der Waals surface area contributed by atoms with E-state index >= 15 is 0 Å². The van der Waals surface area contributed by atoms with Gasteiger partial charge in [-0.2, -0.15) is 10.4 Å². The summed E-state index contributed by atoms with van der Waals surface area (Å²) in [5, 5.41) is 16.4. The number of anilines is 2. The Labute approximate surface area is 139 Å². The fourth-order valence-corrected chi connectivity index (χ4v) is 2.86. The van der Waals surface area contributed by atoms with Crippen LogP contribution in [0, 0.1) is 11.3 Å². The first-order chi connectivity index (χ1) is 11.7.